The van der Waals surface area contributed by atoms with Gasteiger partial charge in [-0.05, 0) is 26.7 Å². The Bertz CT molecular complexity index is 840. The van der Waals surface area contributed by atoms with Gasteiger partial charge in [0.25, 0.3) is 0 Å². The van der Waals surface area contributed by atoms with Crippen LogP contribution in [0.2, 0.25) is 0 Å². The summed E-state index contributed by atoms with van der Waals surface area (Å²) in [6, 6.07) is 3.24. The van der Waals surface area contributed by atoms with Crippen LogP contribution in [-0.4, -0.2) is 44.7 Å². The first-order valence-corrected chi connectivity index (χ1v) is 9.10. The first-order chi connectivity index (χ1) is 12.3. The summed E-state index contributed by atoms with van der Waals surface area (Å²) in [6.45, 7) is 4.07. The Labute approximate surface area is 151 Å². The number of hydrogen-bond acceptors (Lipinski definition) is 5. The van der Waals surface area contributed by atoms with Crippen LogP contribution in [0.15, 0.2) is 18.5 Å². The van der Waals surface area contributed by atoms with E-state index in [0.29, 0.717) is 49.1 Å². The standard InChI is InChI=1S/C19H24FN3O3/c1-11-3-14(24)4-12(22-11)9-26-15-5-16(20)18-17(6-15)21-10-23(18)13-7-19(2,25)8-13/h5-6,10-13,22,25H,3-4,7-9H2,1-2H3/t11-,12-,13?,19?/m0/s1. The van der Waals surface area contributed by atoms with Crippen LogP contribution in [0.25, 0.3) is 11.0 Å². The lowest BCUT2D eigenvalue weighted by Gasteiger charge is -2.41. The normalized spacial score (nSPS) is 31.8. The summed E-state index contributed by atoms with van der Waals surface area (Å²) in [5, 5.41) is 13.2. The molecule has 6 nitrogen and oxygen atoms in total. The monoisotopic (exact) mass is 361 g/mol. The highest BCUT2D eigenvalue weighted by molar-refractivity contribution is 5.80. The highest BCUT2D eigenvalue weighted by Gasteiger charge is 2.40. The van der Waals surface area contributed by atoms with Crippen LogP contribution in [0, 0.1) is 5.82 Å². The van der Waals surface area contributed by atoms with E-state index in [9.17, 15) is 14.3 Å². The molecule has 1 saturated heterocycles. The first kappa shape index (κ1) is 17.4. The van der Waals surface area contributed by atoms with E-state index in [1.54, 1.807) is 23.9 Å². The molecule has 0 spiro atoms. The summed E-state index contributed by atoms with van der Waals surface area (Å²) in [5.41, 5.74) is 0.299. The number of ketones is 1. The topological polar surface area (TPSA) is 76.4 Å². The smallest absolute Gasteiger partial charge is 0.152 e. The van der Waals surface area contributed by atoms with E-state index >= 15 is 0 Å². The summed E-state index contributed by atoms with van der Waals surface area (Å²) in [6.07, 6.45) is 3.79. The summed E-state index contributed by atoms with van der Waals surface area (Å²) in [7, 11) is 0. The second kappa shape index (κ2) is 6.32. The number of aromatic nitrogens is 2. The number of rotatable bonds is 4. The number of imidazole rings is 1. The number of hydrogen-bond donors (Lipinski definition) is 2. The second-order valence-electron chi connectivity index (χ2n) is 8.01. The molecule has 2 atom stereocenters. The Morgan fingerprint density at radius 1 is 1.42 bits per heavy atom. The number of piperidine rings is 1. The molecule has 1 saturated carbocycles. The van der Waals surface area contributed by atoms with Gasteiger partial charge in [0.05, 0.1) is 17.4 Å². The molecule has 2 aliphatic rings. The Hall–Kier alpha value is -1.99. The van der Waals surface area contributed by atoms with Crippen molar-refractivity contribution in [2.75, 3.05) is 6.61 Å². The van der Waals surface area contributed by atoms with Crippen LogP contribution in [0.3, 0.4) is 0 Å². The molecule has 2 aromatic rings. The van der Waals surface area contributed by atoms with Crippen molar-refractivity contribution < 1.29 is 19.0 Å². The molecule has 1 aliphatic carbocycles. The van der Waals surface area contributed by atoms with E-state index in [4.69, 9.17) is 4.74 Å². The SMILES string of the molecule is C[C@H]1CC(=O)C[C@@H](COc2cc(F)c3c(c2)ncn3C2CC(C)(O)C2)N1. The highest BCUT2D eigenvalue weighted by atomic mass is 19.1. The Kier molecular flexibility index (Phi) is 4.23. The number of aliphatic hydroxyl groups is 1. The van der Waals surface area contributed by atoms with Gasteiger partial charge in [-0.1, -0.05) is 0 Å². The number of halogens is 1. The molecule has 0 bridgehead atoms. The Morgan fingerprint density at radius 2 is 2.19 bits per heavy atom. The van der Waals surface area contributed by atoms with Gasteiger partial charge in [-0.2, -0.15) is 0 Å². The van der Waals surface area contributed by atoms with Crippen LogP contribution < -0.4 is 10.1 Å². The molecular weight excluding hydrogens is 337 g/mol. The van der Waals surface area contributed by atoms with Gasteiger partial charge in [-0.3, -0.25) is 4.79 Å². The molecule has 0 radical (unpaired) electrons. The lowest BCUT2D eigenvalue weighted by molar-refractivity contribution is -0.121. The maximum atomic E-state index is 14.7. The first-order valence-electron chi connectivity index (χ1n) is 9.10. The van der Waals surface area contributed by atoms with Gasteiger partial charge in [0.1, 0.15) is 23.7 Å². The minimum Gasteiger partial charge on any atom is -0.492 e. The van der Waals surface area contributed by atoms with Crippen molar-refractivity contribution in [2.24, 2.45) is 0 Å². The number of fused-ring (bicyclic) bond motifs is 1. The molecule has 2 fully saturated rings. The summed E-state index contributed by atoms with van der Waals surface area (Å²) in [4.78, 5) is 16.0. The van der Waals surface area contributed by atoms with Crippen LogP contribution in [0.1, 0.15) is 45.6 Å². The van der Waals surface area contributed by atoms with E-state index in [2.05, 4.69) is 10.3 Å². The largest absolute Gasteiger partial charge is 0.492 e. The van der Waals surface area contributed by atoms with E-state index in [1.165, 1.54) is 6.07 Å². The summed E-state index contributed by atoms with van der Waals surface area (Å²) in [5.74, 6) is 0.248. The number of Topliss-reactive ketones (excluding diaryl/α,β-unsaturated/α-hetero) is 1. The molecule has 0 unspecified atom stereocenters. The molecule has 0 amide bonds. The van der Waals surface area contributed by atoms with Crippen molar-refractivity contribution in [3.8, 4) is 5.75 Å². The third kappa shape index (κ3) is 3.33. The third-order valence-corrected chi connectivity index (χ3v) is 5.32. The van der Waals surface area contributed by atoms with Crippen LogP contribution in [0.5, 0.6) is 5.75 Å². The quantitative estimate of drug-likeness (QED) is 0.874. The minimum absolute atomic E-state index is 0.0558. The maximum Gasteiger partial charge on any atom is 0.152 e. The van der Waals surface area contributed by atoms with Gasteiger partial charge < -0.3 is 19.7 Å². The van der Waals surface area contributed by atoms with E-state index in [-0.39, 0.29) is 29.7 Å². The molecular formula is C19H24FN3O3. The molecule has 1 aliphatic heterocycles. The molecule has 140 valence electrons. The fraction of sp³-hybridized carbons (Fsp3) is 0.579. The minimum atomic E-state index is -0.678. The summed E-state index contributed by atoms with van der Waals surface area (Å²) >= 11 is 0. The zero-order valence-corrected chi connectivity index (χ0v) is 15.0. The number of benzene rings is 1. The van der Waals surface area contributed by atoms with E-state index in [1.807, 2.05) is 6.92 Å². The van der Waals surface area contributed by atoms with Crippen molar-refractivity contribution in [3.05, 3.63) is 24.3 Å². The van der Waals surface area contributed by atoms with Crippen LogP contribution >= 0.6 is 0 Å². The van der Waals surface area contributed by atoms with Gasteiger partial charge in [-0.15, -0.1) is 0 Å². The number of nitrogens with one attached hydrogen (secondary N) is 1. The lowest BCUT2D eigenvalue weighted by atomic mass is 9.77. The van der Waals surface area contributed by atoms with Crippen molar-refractivity contribution in [1.29, 1.82) is 0 Å². The predicted molar refractivity (Wildman–Crippen MR) is 94.7 cm³/mol. The molecule has 4 rings (SSSR count). The van der Waals surface area contributed by atoms with Gasteiger partial charge in [0.2, 0.25) is 0 Å². The molecule has 2 N–H and O–H groups in total. The van der Waals surface area contributed by atoms with Crippen LogP contribution in [-0.2, 0) is 4.79 Å². The number of carbonyl (C=O) groups excluding carboxylic acids is 1. The second-order valence-corrected chi connectivity index (χ2v) is 8.01. The number of ether oxygens (including phenoxy) is 1. The van der Waals surface area contributed by atoms with Gasteiger partial charge in [-0.25, -0.2) is 9.37 Å². The molecule has 1 aromatic carbocycles. The molecule has 7 heteroatoms. The molecule has 26 heavy (non-hydrogen) atoms. The van der Waals surface area contributed by atoms with Crippen molar-refractivity contribution in [2.45, 2.75) is 63.3 Å². The van der Waals surface area contributed by atoms with Gasteiger partial charge in [0.15, 0.2) is 5.82 Å². The Balaban J connectivity index is 1.48. The zero-order valence-electron chi connectivity index (χ0n) is 15.0. The van der Waals surface area contributed by atoms with Crippen molar-refractivity contribution in [1.82, 2.24) is 14.9 Å². The summed E-state index contributed by atoms with van der Waals surface area (Å²) < 4.78 is 22.2. The predicted octanol–water partition coefficient (Wildman–Crippen LogP) is 2.35. The Morgan fingerprint density at radius 3 is 2.88 bits per heavy atom. The van der Waals surface area contributed by atoms with Crippen molar-refractivity contribution in [3.63, 3.8) is 0 Å². The third-order valence-electron chi connectivity index (χ3n) is 5.32. The maximum absolute atomic E-state index is 14.7. The zero-order chi connectivity index (χ0) is 18.5. The fourth-order valence-electron chi connectivity index (χ4n) is 4.13. The number of nitrogens with zero attached hydrogens (tertiary/aromatic N) is 2. The van der Waals surface area contributed by atoms with E-state index < -0.39 is 5.60 Å². The van der Waals surface area contributed by atoms with E-state index in [0.717, 1.165) is 0 Å². The number of carbonyl (C=O) groups is 1. The lowest BCUT2D eigenvalue weighted by Crippen LogP contribution is -2.47. The van der Waals surface area contributed by atoms with Gasteiger partial charge in [0, 0.05) is 43.1 Å². The highest BCUT2D eigenvalue weighted by Crippen LogP contribution is 2.42. The van der Waals surface area contributed by atoms with Crippen molar-refractivity contribution >= 4 is 16.8 Å². The average molecular weight is 361 g/mol. The van der Waals surface area contributed by atoms with Gasteiger partial charge >= 0.3 is 0 Å². The van der Waals surface area contributed by atoms with Crippen LogP contribution in [0.4, 0.5) is 4.39 Å². The fourth-order valence-corrected chi connectivity index (χ4v) is 4.13. The molecule has 2 heterocycles. The molecule has 1 aromatic heterocycles. The average Bonchev–Trinajstić information content (AvgIpc) is 2.94.